The average Bonchev–Trinajstić information content (AvgIpc) is 2.33. The van der Waals surface area contributed by atoms with Crippen molar-refractivity contribution in [1.29, 1.82) is 0 Å². The van der Waals surface area contributed by atoms with Gasteiger partial charge in [-0.15, -0.1) is 6.42 Å². The fourth-order valence-electron chi connectivity index (χ4n) is 2.46. The molecule has 1 aliphatic carbocycles. The van der Waals surface area contributed by atoms with Gasteiger partial charge in [-0.3, -0.25) is 4.90 Å². The van der Waals surface area contributed by atoms with Gasteiger partial charge < -0.3 is 4.90 Å². The Morgan fingerprint density at radius 1 is 1.38 bits per heavy atom. The summed E-state index contributed by atoms with van der Waals surface area (Å²) in [5.41, 5.74) is 0. The molecule has 0 N–H and O–H groups in total. The van der Waals surface area contributed by atoms with Crippen LogP contribution >= 0.6 is 11.6 Å². The molecule has 4 heteroatoms. The molecule has 2 rings (SSSR count). The Hall–Kier alpha value is -0.720. The molecule has 88 valence electrons. The lowest BCUT2D eigenvalue weighted by Gasteiger charge is -2.40. The van der Waals surface area contributed by atoms with Crippen molar-refractivity contribution in [3.63, 3.8) is 0 Å². The van der Waals surface area contributed by atoms with E-state index >= 15 is 0 Å². The Kier molecular flexibility index (Phi) is 4.09. The van der Waals surface area contributed by atoms with Crippen LogP contribution in [0, 0.1) is 12.3 Å². The van der Waals surface area contributed by atoms with E-state index in [9.17, 15) is 0 Å². The van der Waals surface area contributed by atoms with Crippen molar-refractivity contribution >= 4 is 16.9 Å². The SMILES string of the molecule is C#CCN1CN=C(Cl)N(C2CCCCC2)C1. The van der Waals surface area contributed by atoms with E-state index in [4.69, 9.17) is 18.0 Å². The van der Waals surface area contributed by atoms with Gasteiger partial charge in [0.2, 0.25) is 0 Å². The Morgan fingerprint density at radius 2 is 2.12 bits per heavy atom. The van der Waals surface area contributed by atoms with Gasteiger partial charge in [0.05, 0.1) is 19.9 Å². The van der Waals surface area contributed by atoms with Crippen LogP contribution in [0.5, 0.6) is 0 Å². The average molecular weight is 240 g/mol. The molecule has 0 spiro atoms. The van der Waals surface area contributed by atoms with Gasteiger partial charge in [0.25, 0.3) is 0 Å². The lowest BCUT2D eigenvalue weighted by molar-refractivity contribution is 0.136. The molecule has 2 aliphatic rings. The zero-order valence-corrected chi connectivity index (χ0v) is 10.3. The number of aliphatic imine (C=N–C) groups is 1. The Balaban J connectivity index is 1.99. The molecule has 0 amide bonds. The molecule has 1 heterocycles. The van der Waals surface area contributed by atoms with Crippen LogP contribution in [0.3, 0.4) is 0 Å². The highest BCUT2D eigenvalue weighted by atomic mass is 35.5. The van der Waals surface area contributed by atoms with Gasteiger partial charge in [-0.25, -0.2) is 4.99 Å². The van der Waals surface area contributed by atoms with Crippen molar-refractivity contribution in [2.45, 2.75) is 38.1 Å². The lowest BCUT2D eigenvalue weighted by atomic mass is 9.94. The molecular formula is C12H18ClN3. The molecule has 1 aliphatic heterocycles. The summed E-state index contributed by atoms with van der Waals surface area (Å²) >= 11 is 6.18. The summed E-state index contributed by atoms with van der Waals surface area (Å²) in [6.07, 6.45) is 11.8. The van der Waals surface area contributed by atoms with E-state index in [0.29, 0.717) is 24.6 Å². The van der Waals surface area contributed by atoms with Gasteiger partial charge in [0, 0.05) is 6.04 Å². The molecule has 0 radical (unpaired) electrons. The number of halogens is 1. The monoisotopic (exact) mass is 239 g/mol. The molecule has 0 aromatic carbocycles. The van der Waals surface area contributed by atoms with Gasteiger partial charge in [-0.05, 0) is 24.4 Å². The predicted molar refractivity (Wildman–Crippen MR) is 67.3 cm³/mol. The maximum Gasteiger partial charge on any atom is 0.196 e. The topological polar surface area (TPSA) is 18.8 Å². The zero-order chi connectivity index (χ0) is 11.4. The first-order valence-corrected chi connectivity index (χ1v) is 6.31. The Bertz CT molecular complexity index is 302. The highest BCUT2D eigenvalue weighted by Crippen LogP contribution is 2.25. The second-order valence-electron chi connectivity index (χ2n) is 4.50. The minimum Gasteiger partial charge on any atom is -0.331 e. The summed E-state index contributed by atoms with van der Waals surface area (Å²) < 4.78 is 0. The molecule has 16 heavy (non-hydrogen) atoms. The number of terminal acetylenes is 1. The summed E-state index contributed by atoms with van der Waals surface area (Å²) in [6.45, 7) is 2.11. The summed E-state index contributed by atoms with van der Waals surface area (Å²) in [7, 11) is 0. The fraction of sp³-hybridized carbons (Fsp3) is 0.750. The molecule has 3 nitrogen and oxygen atoms in total. The summed E-state index contributed by atoms with van der Waals surface area (Å²) in [4.78, 5) is 8.67. The van der Waals surface area contributed by atoms with Crippen LogP contribution in [-0.4, -0.2) is 41.0 Å². The van der Waals surface area contributed by atoms with Gasteiger partial charge in [-0.1, -0.05) is 25.2 Å². The standard InChI is InChI=1S/C12H18ClN3/c1-2-8-15-9-14-12(13)16(10-15)11-6-4-3-5-7-11/h1,11H,3-10H2. The first kappa shape index (κ1) is 11.8. The first-order chi connectivity index (χ1) is 7.81. The van der Waals surface area contributed by atoms with Crippen LogP contribution in [-0.2, 0) is 0 Å². The number of hydrogen-bond donors (Lipinski definition) is 0. The number of amidine groups is 1. The van der Waals surface area contributed by atoms with Crippen molar-refractivity contribution < 1.29 is 0 Å². The van der Waals surface area contributed by atoms with Crippen LogP contribution in [0.25, 0.3) is 0 Å². The van der Waals surface area contributed by atoms with E-state index in [1.807, 2.05) is 0 Å². The number of hydrogen-bond acceptors (Lipinski definition) is 3. The number of nitrogens with zero attached hydrogens (tertiary/aromatic N) is 3. The largest absolute Gasteiger partial charge is 0.331 e. The third kappa shape index (κ3) is 2.69. The molecule has 0 aromatic heterocycles. The van der Waals surface area contributed by atoms with E-state index in [0.717, 1.165) is 6.67 Å². The highest BCUT2D eigenvalue weighted by molar-refractivity contribution is 6.64. The molecule has 0 atom stereocenters. The van der Waals surface area contributed by atoms with Crippen molar-refractivity contribution in [1.82, 2.24) is 9.80 Å². The quantitative estimate of drug-likeness (QED) is 0.543. The van der Waals surface area contributed by atoms with E-state index in [2.05, 4.69) is 20.7 Å². The first-order valence-electron chi connectivity index (χ1n) is 5.93. The van der Waals surface area contributed by atoms with Crippen LogP contribution in [0.15, 0.2) is 4.99 Å². The summed E-state index contributed by atoms with van der Waals surface area (Å²) in [5, 5.41) is 0.667. The molecular weight excluding hydrogens is 222 g/mol. The third-order valence-electron chi connectivity index (χ3n) is 3.32. The van der Waals surface area contributed by atoms with Gasteiger partial charge in [0.1, 0.15) is 0 Å². The highest BCUT2D eigenvalue weighted by Gasteiger charge is 2.27. The number of rotatable bonds is 2. The minimum atomic E-state index is 0.561. The summed E-state index contributed by atoms with van der Waals surface area (Å²) in [5.74, 6) is 2.66. The third-order valence-corrected chi connectivity index (χ3v) is 3.66. The van der Waals surface area contributed by atoms with Crippen molar-refractivity contribution in [2.24, 2.45) is 4.99 Å². The Labute approximate surface area is 102 Å². The van der Waals surface area contributed by atoms with Crippen LogP contribution in [0.4, 0.5) is 0 Å². The minimum absolute atomic E-state index is 0.561. The van der Waals surface area contributed by atoms with E-state index < -0.39 is 0 Å². The van der Waals surface area contributed by atoms with Gasteiger partial charge in [-0.2, -0.15) is 0 Å². The van der Waals surface area contributed by atoms with Gasteiger partial charge in [0.15, 0.2) is 5.29 Å². The predicted octanol–water partition coefficient (Wildman–Crippen LogP) is 2.08. The molecule has 0 saturated heterocycles. The van der Waals surface area contributed by atoms with Crippen molar-refractivity contribution in [3.8, 4) is 12.3 Å². The summed E-state index contributed by atoms with van der Waals surface area (Å²) in [6, 6.07) is 0.561. The van der Waals surface area contributed by atoms with Gasteiger partial charge >= 0.3 is 0 Å². The molecule has 1 saturated carbocycles. The van der Waals surface area contributed by atoms with Crippen LogP contribution < -0.4 is 0 Å². The van der Waals surface area contributed by atoms with E-state index in [1.54, 1.807) is 0 Å². The van der Waals surface area contributed by atoms with Crippen molar-refractivity contribution in [3.05, 3.63) is 0 Å². The second-order valence-corrected chi connectivity index (χ2v) is 4.84. The van der Waals surface area contributed by atoms with Crippen LogP contribution in [0.1, 0.15) is 32.1 Å². The molecule has 0 unspecified atom stereocenters. The molecule has 0 aromatic rings. The fourth-order valence-corrected chi connectivity index (χ4v) is 2.70. The lowest BCUT2D eigenvalue weighted by Crippen LogP contribution is -2.49. The smallest absolute Gasteiger partial charge is 0.196 e. The molecule has 0 bridgehead atoms. The van der Waals surface area contributed by atoms with Crippen molar-refractivity contribution in [2.75, 3.05) is 19.9 Å². The van der Waals surface area contributed by atoms with E-state index in [1.165, 1.54) is 32.1 Å². The zero-order valence-electron chi connectivity index (χ0n) is 9.53. The molecule has 1 fully saturated rings. The Morgan fingerprint density at radius 3 is 2.81 bits per heavy atom. The normalized spacial score (nSPS) is 24.0. The van der Waals surface area contributed by atoms with E-state index in [-0.39, 0.29) is 0 Å². The second kappa shape index (κ2) is 5.56. The van der Waals surface area contributed by atoms with Crippen LogP contribution in [0.2, 0.25) is 0 Å². The maximum absolute atomic E-state index is 6.18. The maximum atomic E-state index is 6.18.